The highest BCUT2D eigenvalue weighted by atomic mass is 16.5. The Morgan fingerprint density at radius 1 is 1.05 bits per heavy atom. The van der Waals surface area contributed by atoms with Crippen LogP contribution >= 0.6 is 0 Å². The van der Waals surface area contributed by atoms with E-state index in [-0.39, 0.29) is 11.5 Å². The molecule has 0 fully saturated rings. The first-order valence-corrected chi connectivity index (χ1v) is 6.42. The summed E-state index contributed by atoms with van der Waals surface area (Å²) in [6.45, 7) is 1.36. The van der Waals surface area contributed by atoms with Gasteiger partial charge in [0, 0.05) is 17.7 Å². The van der Waals surface area contributed by atoms with Crippen molar-refractivity contribution in [2.45, 2.75) is 0 Å². The summed E-state index contributed by atoms with van der Waals surface area (Å²) in [6, 6.07) is 13.3. The first-order valence-electron chi connectivity index (χ1n) is 6.42. The molecule has 2 N–H and O–H groups in total. The second-order valence-electron chi connectivity index (χ2n) is 4.35. The van der Waals surface area contributed by atoms with Gasteiger partial charge in [-0.2, -0.15) is 0 Å². The average Bonchev–Trinajstić information content (AvgIpc) is 2.48. The van der Waals surface area contributed by atoms with Crippen molar-refractivity contribution in [3.63, 3.8) is 0 Å². The van der Waals surface area contributed by atoms with Crippen LogP contribution < -0.4 is 10.1 Å². The quantitative estimate of drug-likeness (QED) is 0.625. The maximum atomic E-state index is 12.2. The molecule has 0 aliphatic rings. The zero-order chi connectivity index (χ0) is 14.4. The molecule has 4 heteroatoms. The number of benzene rings is 2. The molecule has 0 atom stereocenters. The number of likely N-dealkylation sites (N-methyl/N-ethyl adjacent to an activating group) is 1. The molecule has 0 aromatic heterocycles. The van der Waals surface area contributed by atoms with E-state index in [1.54, 1.807) is 36.4 Å². The Morgan fingerprint density at radius 3 is 2.15 bits per heavy atom. The van der Waals surface area contributed by atoms with Crippen LogP contribution in [0.5, 0.6) is 11.5 Å². The van der Waals surface area contributed by atoms with Gasteiger partial charge in [-0.3, -0.25) is 4.79 Å². The van der Waals surface area contributed by atoms with Crippen molar-refractivity contribution >= 4 is 5.78 Å². The minimum Gasteiger partial charge on any atom is -0.508 e. The van der Waals surface area contributed by atoms with E-state index in [2.05, 4.69) is 5.32 Å². The van der Waals surface area contributed by atoms with Crippen molar-refractivity contribution in [1.82, 2.24) is 5.32 Å². The maximum Gasteiger partial charge on any atom is 0.193 e. The number of carbonyl (C=O) groups excluding carboxylic acids is 1. The van der Waals surface area contributed by atoms with Gasteiger partial charge in [-0.25, -0.2) is 0 Å². The van der Waals surface area contributed by atoms with Gasteiger partial charge in [0.2, 0.25) is 0 Å². The first-order chi connectivity index (χ1) is 9.70. The lowest BCUT2D eigenvalue weighted by Crippen LogP contribution is -2.15. The monoisotopic (exact) mass is 271 g/mol. The third-order valence-electron chi connectivity index (χ3n) is 2.87. The molecule has 0 heterocycles. The highest BCUT2D eigenvalue weighted by Gasteiger charge is 2.08. The number of ether oxygens (including phenoxy) is 1. The molecule has 0 radical (unpaired) electrons. The van der Waals surface area contributed by atoms with E-state index in [9.17, 15) is 9.90 Å². The Labute approximate surface area is 118 Å². The van der Waals surface area contributed by atoms with Gasteiger partial charge in [-0.05, 0) is 55.6 Å². The van der Waals surface area contributed by atoms with Crippen molar-refractivity contribution in [2.75, 3.05) is 20.2 Å². The van der Waals surface area contributed by atoms with Crippen molar-refractivity contribution in [3.05, 3.63) is 59.7 Å². The van der Waals surface area contributed by atoms with Crippen LogP contribution in [0.1, 0.15) is 15.9 Å². The summed E-state index contributed by atoms with van der Waals surface area (Å²) in [6.07, 6.45) is 0. The summed E-state index contributed by atoms with van der Waals surface area (Å²) >= 11 is 0. The Balaban J connectivity index is 2.05. The average molecular weight is 271 g/mol. The normalized spacial score (nSPS) is 10.2. The molecular formula is C16H17NO3. The van der Waals surface area contributed by atoms with Gasteiger partial charge < -0.3 is 15.2 Å². The van der Waals surface area contributed by atoms with E-state index in [4.69, 9.17) is 4.74 Å². The molecule has 2 rings (SSSR count). The smallest absolute Gasteiger partial charge is 0.193 e. The van der Waals surface area contributed by atoms with E-state index in [0.29, 0.717) is 17.7 Å². The molecular weight excluding hydrogens is 254 g/mol. The molecule has 0 bridgehead atoms. The number of ketones is 1. The molecule has 0 aliphatic heterocycles. The number of hydrogen-bond acceptors (Lipinski definition) is 4. The molecule has 2 aromatic carbocycles. The zero-order valence-electron chi connectivity index (χ0n) is 11.3. The van der Waals surface area contributed by atoms with Gasteiger partial charge in [0.15, 0.2) is 5.78 Å². The number of hydrogen-bond donors (Lipinski definition) is 2. The van der Waals surface area contributed by atoms with E-state index < -0.39 is 0 Å². The van der Waals surface area contributed by atoms with Crippen molar-refractivity contribution in [1.29, 1.82) is 0 Å². The van der Waals surface area contributed by atoms with Gasteiger partial charge >= 0.3 is 0 Å². The number of phenols is 1. The lowest BCUT2D eigenvalue weighted by atomic mass is 10.0. The lowest BCUT2D eigenvalue weighted by molar-refractivity contribution is 0.103. The van der Waals surface area contributed by atoms with Gasteiger partial charge in [0.25, 0.3) is 0 Å². The van der Waals surface area contributed by atoms with Crippen LogP contribution in [0.3, 0.4) is 0 Å². The van der Waals surface area contributed by atoms with E-state index in [0.717, 1.165) is 12.3 Å². The number of carbonyl (C=O) groups is 1. The Hall–Kier alpha value is -2.33. The summed E-state index contributed by atoms with van der Waals surface area (Å²) in [5.74, 6) is 0.809. The van der Waals surface area contributed by atoms with Crippen molar-refractivity contribution < 1.29 is 14.6 Å². The fourth-order valence-electron chi connectivity index (χ4n) is 1.75. The fraction of sp³-hybridized carbons (Fsp3) is 0.188. The van der Waals surface area contributed by atoms with E-state index >= 15 is 0 Å². The fourth-order valence-corrected chi connectivity index (χ4v) is 1.75. The standard InChI is InChI=1S/C16H17NO3/c1-17-10-11-20-15-8-4-13(5-9-15)16(19)12-2-6-14(18)7-3-12/h2-9,17-18H,10-11H2,1H3. The summed E-state index contributed by atoms with van der Waals surface area (Å²) in [5, 5.41) is 12.2. The summed E-state index contributed by atoms with van der Waals surface area (Å²) < 4.78 is 5.50. The highest BCUT2D eigenvalue weighted by Crippen LogP contribution is 2.17. The van der Waals surface area contributed by atoms with Crippen LogP contribution in [-0.2, 0) is 0 Å². The van der Waals surface area contributed by atoms with E-state index in [1.807, 2.05) is 7.05 Å². The largest absolute Gasteiger partial charge is 0.508 e. The summed E-state index contributed by atoms with van der Waals surface area (Å²) in [7, 11) is 1.86. The molecule has 2 aromatic rings. The summed E-state index contributed by atoms with van der Waals surface area (Å²) in [4.78, 5) is 12.2. The number of rotatable bonds is 6. The molecule has 104 valence electrons. The Bertz CT molecular complexity index is 561. The Kier molecular flexibility index (Phi) is 4.74. The minimum absolute atomic E-state index is 0.0771. The zero-order valence-corrected chi connectivity index (χ0v) is 11.3. The van der Waals surface area contributed by atoms with Crippen molar-refractivity contribution in [2.24, 2.45) is 0 Å². The maximum absolute atomic E-state index is 12.2. The number of phenolic OH excluding ortho intramolecular Hbond substituents is 1. The predicted octanol–water partition coefficient (Wildman–Crippen LogP) is 2.22. The summed E-state index contributed by atoms with van der Waals surface area (Å²) in [5.41, 5.74) is 1.14. The lowest BCUT2D eigenvalue weighted by Gasteiger charge is -2.06. The molecule has 0 aliphatic carbocycles. The SMILES string of the molecule is CNCCOc1ccc(C(=O)c2ccc(O)cc2)cc1. The second kappa shape index (κ2) is 6.73. The van der Waals surface area contributed by atoms with Crippen LogP contribution in [0.4, 0.5) is 0 Å². The van der Waals surface area contributed by atoms with Crippen molar-refractivity contribution in [3.8, 4) is 11.5 Å². The third-order valence-corrected chi connectivity index (χ3v) is 2.87. The number of aromatic hydroxyl groups is 1. The van der Waals surface area contributed by atoms with Gasteiger partial charge in [-0.15, -0.1) is 0 Å². The van der Waals surface area contributed by atoms with Crippen LogP contribution in [0.15, 0.2) is 48.5 Å². The molecule has 0 saturated heterocycles. The van der Waals surface area contributed by atoms with Crippen LogP contribution in [0.2, 0.25) is 0 Å². The minimum atomic E-state index is -0.0771. The molecule has 0 spiro atoms. The van der Waals surface area contributed by atoms with Crippen LogP contribution in [0.25, 0.3) is 0 Å². The van der Waals surface area contributed by atoms with Crippen LogP contribution in [0, 0.1) is 0 Å². The number of nitrogens with one attached hydrogen (secondary N) is 1. The molecule has 0 unspecified atom stereocenters. The molecule has 20 heavy (non-hydrogen) atoms. The van der Waals surface area contributed by atoms with E-state index in [1.165, 1.54) is 12.1 Å². The Morgan fingerprint density at radius 2 is 1.60 bits per heavy atom. The van der Waals surface area contributed by atoms with Gasteiger partial charge in [-0.1, -0.05) is 0 Å². The van der Waals surface area contributed by atoms with Crippen LogP contribution in [-0.4, -0.2) is 31.1 Å². The third kappa shape index (κ3) is 3.59. The highest BCUT2D eigenvalue weighted by molar-refractivity contribution is 6.09. The molecule has 0 saturated carbocycles. The second-order valence-corrected chi connectivity index (χ2v) is 4.35. The van der Waals surface area contributed by atoms with Gasteiger partial charge in [0.1, 0.15) is 18.1 Å². The first kappa shape index (κ1) is 14.1. The topological polar surface area (TPSA) is 58.6 Å². The van der Waals surface area contributed by atoms with Gasteiger partial charge in [0.05, 0.1) is 0 Å². The molecule has 4 nitrogen and oxygen atoms in total. The predicted molar refractivity (Wildman–Crippen MR) is 77.4 cm³/mol. The molecule has 0 amide bonds.